The molecular weight excluding hydrogens is 534 g/mol. The number of nitrogens with one attached hydrogen (secondary N) is 1. The molecule has 1 fully saturated rings. The van der Waals surface area contributed by atoms with Crippen LogP contribution >= 0.6 is 15.9 Å². The van der Waals surface area contributed by atoms with Gasteiger partial charge in [-0.05, 0) is 52.7 Å². The Kier molecular flexibility index (Phi) is 7.86. The van der Waals surface area contributed by atoms with Crippen molar-refractivity contribution in [3.05, 3.63) is 61.6 Å². The minimum absolute atomic E-state index is 0.0901. The van der Waals surface area contributed by atoms with Crippen LogP contribution in [-0.4, -0.2) is 54.0 Å². The zero-order valence-electron chi connectivity index (χ0n) is 18.4. The lowest BCUT2D eigenvalue weighted by atomic mass is 10.1. The zero-order valence-corrected chi connectivity index (χ0v) is 19.9. The summed E-state index contributed by atoms with van der Waals surface area (Å²) < 4.78 is 19.9. The molecule has 0 aliphatic carbocycles. The number of carbonyl (C=O) groups excluding carboxylic acids is 4. The van der Waals surface area contributed by atoms with Crippen LogP contribution in [0.15, 0.2) is 38.9 Å². The van der Waals surface area contributed by atoms with Crippen LogP contribution in [0.1, 0.15) is 28.8 Å². The number of methoxy groups -OCH3 is 1. The maximum Gasteiger partial charge on any atom is 0.373 e. The van der Waals surface area contributed by atoms with Crippen LogP contribution in [0.3, 0.4) is 0 Å². The summed E-state index contributed by atoms with van der Waals surface area (Å²) in [4.78, 5) is 59.8. The highest BCUT2D eigenvalue weighted by Gasteiger charge is 2.34. The van der Waals surface area contributed by atoms with Gasteiger partial charge in [0.15, 0.2) is 6.61 Å². The fraction of sp³-hybridized carbons (Fsp3) is 0.238. The molecule has 184 valence electrons. The number of amides is 3. The molecule has 35 heavy (non-hydrogen) atoms. The fourth-order valence-electron chi connectivity index (χ4n) is 3.01. The predicted octanol–water partition coefficient (Wildman–Crippen LogP) is 2.77. The van der Waals surface area contributed by atoms with Gasteiger partial charge in [0.1, 0.15) is 11.5 Å². The van der Waals surface area contributed by atoms with Crippen LogP contribution in [0.2, 0.25) is 0 Å². The maximum absolute atomic E-state index is 12.8. The number of ether oxygens (including phenoxy) is 3. The summed E-state index contributed by atoms with van der Waals surface area (Å²) in [6.45, 7) is 0.934. The Bertz CT molecular complexity index is 1240. The van der Waals surface area contributed by atoms with E-state index in [-0.39, 0.29) is 46.2 Å². The van der Waals surface area contributed by atoms with Crippen molar-refractivity contribution < 1.29 is 42.7 Å². The number of nitro groups is 1. The average Bonchev–Trinajstić information content (AvgIpc) is 3.38. The highest BCUT2D eigenvalue weighted by atomic mass is 79.9. The standard InChI is InChI=1S/C21H18BrN3O10/c1-3-33-17(26)10-34-18-13(22)6-11(8-15(18)25(30)31)7-14-19(27)24(21(29)23-14)9-12-4-5-16(35-12)20(28)32-2/h4-8H,3,9-10H2,1-2H3,(H,23,29)/b14-7-. The first-order valence-corrected chi connectivity index (χ1v) is 10.7. The van der Waals surface area contributed by atoms with Crippen molar-refractivity contribution in [1.82, 2.24) is 10.2 Å². The molecule has 1 saturated heterocycles. The van der Waals surface area contributed by atoms with Gasteiger partial charge in [-0.15, -0.1) is 0 Å². The molecule has 3 amide bonds. The smallest absolute Gasteiger partial charge is 0.373 e. The lowest BCUT2D eigenvalue weighted by Crippen LogP contribution is -2.30. The Balaban J connectivity index is 1.82. The molecule has 1 aromatic carbocycles. The van der Waals surface area contributed by atoms with E-state index in [9.17, 15) is 29.3 Å². The fourth-order valence-corrected chi connectivity index (χ4v) is 3.59. The Hall–Kier alpha value is -4.20. The van der Waals surface area contributed by atoms with Crippen molar-refractivity contribution >= 4 is 51.6 Å². The molecule has 0 bridgehead atoms. The van der Waals surface area contributed by atoms with Crippen LogP contribution in [0.4, 0.5) is 10.5 Å². The number of nitrogens with zero attached hydrogens (tertiary/aromatic N) is 2. The van der Waals surface area contributed by atoms with Gasteiger partial charge in [-0.2, -0.15) is 0 Å². The van der Waals surface area contributed by atoms with E-state index in [1.165, 1.54) is 31.4 Å². The molecule has 1 N–H and O–H groups in total. The van der Waals surface area contributed by atoms with Gasteiger partial charge in [-0.3, -0.25) is 19.8 Å². The third kappa shape index (κ3) is 5.84. The SMILES string of the molecule is CCOC(=O)COc1c(Br)cc(/C=C2\NC(=O)N(Cc3ccc(C(=O)OC)o3)C2=O)cc1[N+](=O)[O-]. The van der Waals surface area contributed by atoms with Crippen LogP contribution < -0.4 is 10.1 Å². The largest absolute Gasteiger partial charge is 0.474 e. The molecule has 0 unspecified atom stereocenters. The minimum Gasteiger partial charge on any atom is -0.474 e. The summed E-state index contributed by atoms with van der Waals surface area (Å²) in [6.07, 6.45) is 1.25. The number of benzene rings is 1. The molecule has 3 rings (SSSR count). The first-order valence-electron chi connectivity index (χ1n) is 9.92. The van der Waals surface area contributed by atoms with E-state index < -0.39 is 41.1 Å². The number of rotatable bonds is 9. The molecule has 0 radical (unpaired) electrons. The molecule has 0 atom stereocenters. The van der Waals surface area contributed by atoms with E-state index in [2.05, 4.69) is 26.0 Å². The average molecular weight is 552 g/mol. The quantitative estimate of drug-likeness (QED) is 0.161. The third-order valence-electron chi connectivity index (χ3n) is 4.52. The second kappa shape index (κ2) is 10.8. The second-order valence-electron chi connectivity index (χ2n) is 6.84. The van der Waals surface area contributed by atoms with Gasteiger partial charge in [0.25, 0.3) is 5.91 Å². The summed E-state index contributed by atoms with van der Waals surface area (Å²) >= 11 is 3.16. The summed E-state index contributed by atoms with van der Waals surface area (Å²) in [5, 5.41) is 13.9. The number of esters is 2. The molecule has 1 aliphatic rings. The number of hydrogen-bond acceptors (Lipinski definition) is 10. The lowest BCUT2D eigenvalue weighted by Gasteiger charge is -2.10. The Morgan fingerprint density at radius 1 is 1.29 bits per heavy atom. The number of imide groups is 1. The van der Waals surface area contributed by atoms with Crippen molar-refractivity contribution in [3.63, 3.8) is 0 Å². The lowest BCUT2D eigenvalue weighted by molar-refractivity contribution is -0.385. The van der Waals surface area contributed by atoms with Gasteiger partial charge in [0, 0.05) is 6.07 Å². The molecule has 0 spiro atoms. The highest BCUT2D eigenvalue weighted by molar-refractivity contribution is 9.10. The molecule has 14 heteroatoms. The van der Waals surface area contributed by atoms with Crippen molar-refractivity contribution in [1.29, 1.82) is 0 Å². The summed E-state index contributed by atoms with van der Waals surface area (Å²) in [6, 6.07) is 4.55. The van der Waals surface area contributed by atoms with Gasteiger partial charge in [-0.25, -0.2) is 14.4 Å². The van der Waals surface area contributed by atoms with E-state index >= 15 is 0 Å². The summed E-state index contributed by atoms with van der Waals surface area (Å²) in [5.41, 5.74) is -0.422. The number of urea groups is 1. The van der Waals surface area contributed by atoms with Crippen LogP contribution in [0.25, 0.3) is 6.08 Å². The highest BCUT2D eigenvalue weighted by Crippen LogP contribution is 2.37. The van der Waals surface area contributed by atoms with Gasteiger partial charge < -0.3 is 23.9 Å². The van der Waals surface area contributed by atoms with E-state index in [1.54, 1.807) is 6.92 Å². The number of nitro benzene ring substituents is 1. The van der Waals surface area contributed by atoms with Crippen molar-refractivity contribution in [2.45, 2.75) is 13.5 Å². The van der Waals surface area contributed by atoms with E-state index in [4.69, 9.17) is 13.9 Å². The van der Waals surface area contributed by atoms with Crippen molar-refractivity contribution in [2.24, 2.45) is 0 Å². The summed E-state index contributed by atoms with van der Waals surface area (Å²) in [7, 11) is 1.18. The number of halogens is 1. The van der Waals surface area contributed by atoms with Crippen molar-refractivity contribution in [2.75, 3.05) is 20.3 Å². The molecule has 1 aromatic heterocycles. The van der Waals surface area contributed by atoms with Gasteiger partial charge in [-0.1, -0.05) is 0 Å². The van der Waals surface area contributed by atoms with Gasteiger partial charge >= 0.3 is 23.7 Å². The van der Waals surface area contributed by atoms with Crippen LogP contribution in [0, 0.1) is 10.1 Å². The number of hydrogen-bond donors (Lipinski definition) is 1. The monoisotopic (exact) mass is 551 g/mol. The predicted molar refractivity (Wildman–Crippen MR) is 120 cm³/mol. The Morgan fingerprint density at radius 2 is 2.03 bits per heavy atom. The molecule has 2 heterocycles. The third-order valence-corrected chi connectivity index (χ3v) is 5.11. The first kappa shape index (κ1) is 25.4. The number of furan rings is 1. The number of carbonyl (C=O) groups is 4. The van der Waals surface area contributed by atoms with Crippen LogP contribution in [0.5, 0.6) is 5.75 Å². The Morgan fingerprint density at radius 3 is 2.69 bits per heavy atom. The van der Waals surface area contributed by atoms with E-state index in [1.807, 2.05) is 0 Å². The van der Waals surface area contributed by atoms with E-state index in [0.29, 0.717) is 0 Å². The van der Waals surface area contributed by atoms with Gasteiger partial charge in [0.2, 0.25) is 11.5 Å². The topological polar surface area (TPSA) is 168 Å². The van der Waals surface area contributed by atoms with Gasteiger partial charge in [0.05, 0.1) is 29.7 Å². The zero-order chi connectivity index (χ0) is 25.7. The van der Waals surface area contributed by atoms with E-state index in [0.717, 1.165) is 11.0 Å². The maximum atomic E-state index is 12.8. The molecule has 2 aromatic rings. The summed E-state index contributed by atoms with van der Waals surface area (Å²) in [5.74, 6) is -2.25. The molecule has 1 aliphatic heterocycles. The first-order chi connectivity index (χ1) is 16.6. The van der Waals surface area contributed by atoms with Crippen LogP contribution in [-0.2, 0) is 25.6 Å². The molecule has 0 saturated carbocycles. The second-order valence-corrected chi connectivity index (χ2v) is 7.69. The molecular formula is C21H18BrN3O10. The normalized spacial score (nSPS) is 14.1. The van der Waals surface area contributed by atoms with Crippen molar-refractivity contribution in [3.8, 4) is 5.75 Å². The Labute approximate surface area is 205 Å². The minimum atomic E-state index is -0.750. The molecule has 13 nitrogen and oxygen atoms in total.